The molecule has 0 fully saturated rings. The first kappa shape index (κ1) is 22.2. The number of carbonyl (C=O) groups is 1. The molecule has 0 N–H and O–H groups in total. The van der Waals surface area contributed by atoms with Crippen molar-refractivity contribution in [2.75, 3.05) is 27.3 Å². The number of fused-ring (bicyclic) bond motifs is 1. The minimum atomic E-state index is -0.220. The summed E-state index contributed by atoms with van der Waals surface area (Å²) in [4.78, 5) is 26.0. The Hall–Kier alpha value is -2.96. The molecule has 0 radical (unpaired) electrons. The Morgan fingerprint density at radius 2 is 1.91 bits per heavy atom. The standard InChI is InChI=1S/C26H31N3O3/c1-18-9-8-12-21(17-18)23(20-10-6-5-7-11-20)25-27(3)29(15-16-32-4)26(31)24-19(2)22(30)13-14-28(24)25/h5-8,10-14,17-18,23,25H,9,15-16H2,1-4H3. The van der Waals surface area contributed by atoms with Crippen molar-refractivity contribution in [3.05, 3.63) is 93.4 Å². The van der Waals surface area contributed by atoms with Crippen LogP contribution < -0.4 is 5.43 Å². The lowest BCUT2D eigenvalue weighted by Gasteiger charge is -2.47. The van der Waals surface area contributed by atoms with Crippen molar-refractivity contribution in [1.29, 1.82) is 0 Å². The number of allylic oxidation sites excluding steroid dienone is 3. The van der Waals surface area contributed by atoms with Crippen LogP contribution in [0.25, 0.3) is 0 Å². The number of benzene rings is 1. The van der Waals surface area contributed by atoms with Crippen molar-refractivity contribution >= 4 is 5.91 Å². The molecule has 0 bridgehead atoms. The van der Waals surface area contributed by atoms with Crippen LogP contribution in [0, 0.1) is 12.8 Å². The highest BCUT2D eigenvalue weighted by Gasteiger charge is 2.41. The smallest absolute Gasteiger partial charge is 0.285 e. The molecule has 0 saturated carbocycles. The molecule has 32 heavy (non-hydrogen) atoms. The highest BCUT2D eigenvalue weighted by Crippen LogP contribution is 2.42. The first-order valence-electron chi connectivity index (χ1n) is 11.1. The highest BCUT2D eigenvalue weighted by molar-refractivity contribution is 5.94. The molecule has 2 aliphatic rings. The van der Waals surface area contributed by atoms with E-state index in [0.29, 0.717) is 30.3 Å². The Labute approximate surface area is 189 Å². The van der Waals surface area contributed by atoms with Crippen LogP contribution >= 0.6 is 0 Å². The molecule has 168 valence electrons. The zero-order chi connectivity index (χ0) is 22.8. The Kier molecular flexibility index (Phi) is 6.44. The number of pyridine rings is 1. The molecule has 3 atom stereocenters. The number of hydrogen-bond donors (Lipinski definition) is 0. The van der Waals surface area contributed by atoms with Gasteiger partial charge in [-0.05, 0) is 30.4 Å². The van der Waals surface area contributed by atoms with Gasteiger partial charge in [-0.2, -0.15) is 5.01 Å². The quantitative estimate of drug-likeness (QED) is 0.693. The molecule has 6 heteroatoms. The molecular weight excluding hydrogens is 402 g/mol. The highest BCUT2D eigenvalue weighted by atomic mass is 16.5. The summed E-state index contributed by atoms with van der Waals surface area (Å²) in [6.07, 6.45) is 9.33. The summed E-state index contributed by atoms with van der Waals surface area (Å²) in [7, 11) is 3.57. The number of ether oxygens (including phenoxy) is 1. The van der Waals surface area contributed by atoms with E-state index in [1.165, 1.54) is 5.57 Å². The number of nitrogens with zero attached hydrogens (tertiary/aromatic N) is 3. The lowest BCUT2D eigenvalue weighted by Crippen LogP contribution is -2.56. The van der Waals surface area contributed by atoms with Crippen LogP contribution in [0.5, 0.6) is 0 Å². The fourth-order valence-electron chi connectivity index (χ4n) is 4.83. The van der Waals surface area contributed by atoms with E-state index in [1.807, 2.05) is 34.8 Å². The molecule has 1 aromatic heterocycles. The molecule has 0 saturated heterocycles. The van der Waals surface area contributed by atoms with Gasteiger partial charge in [0.25, 0.3) is 5.91 Å². The molecule has 1 aromatic carbocycles. The molecule has 1 aliphatic heterocycles. The fourth-order valence-corrected chi connectivity index (χ4v) is 4.83. The Morgan fingerprint density at radius 3 is 2.59 bits per heavy atom. The fraction of sp³-hybridized carbons (Fsp3) is 0.385. The number of likely N-dealkylation sites (N-methyl/N-ethyl adjacent to an activating group) is 1. The van der Waals surface area contributed by atoms with Crippen molar-refractivity contribution in [1.82, 2.24) is 14.6 Å². The van der Waals surface area contributed by atoms with Crippen molar-refractivity contribution in [3.63, 3.8) is 0 Å². The van der Waals surface area contributed by atoms with Gasteiger partial charge in [-0.1, -0.05) is 55.5 Å². The molecule has 3 unspecified atom stereocenters. The monoisotopic (exact) mass is 433 g/mol. The van der Waals surface area contributed by atoms with Gasteiger partial charge < -0.3 is 9.30 Å². The minimum Gasteiger partial charge on any atom is -0.383 e. The topological polar surface area (TPSA) is 54.8 Å². The van der Waals surface area contributed by atoms with E-state index in [-0.39, 0.29) is 23.4 Å². The van der Waals surface area contributed by atoms with E-state index in [0.717, 1.165) is 12.0 Å². The summed E-state index contributed by atoms with van der Waals surface area (Å²) in [5.41, 5.74) is 3.19. The second-order valence-corrected chi connectivity index (χ2v) is 8.64. The first-order chi connectivity index (χ1) is 15.4. The van der Waals surface area contributed by atoms with Gasteiger partial charge >= 0.3 is 0 Å². The van der Waals surface area contributed by atoms with E-state index >= 15 is 0 Å². The van der Waals surface area contributed by atoms with Crippen LogP contribution in [0.2, 0.25) is 0 Å². The Balaban J connectivity index is 1.94. The third kappa shape index (κ3) is 3.96. The molecule has 2 aromatic rings. The number of hydrogen-bond acceptors (Lipinski definition) is 4. The average Bonchev–Trinajstić information content (AvgIpc) is 2.79. The number of carbonyl (C=O) groups excluding carboxylic acids is 1. The normalized spacial score (nSPS) is 21.9. The van der Waals surface area contributed by atoms with Crippen molar-refractivity contribution in [2.45, 2.75) is 32.4 Å². The van der Waals surface area contributed by atoms with Crippen molar-refractivity contribution < 1.29 is 9.53 Å². The van der Waals surface area contributed by atoms with Gasteiger partial charge in [-0.25, -0.2) is 0 Å². The molecule has 4 rings (SSSR count). The lowest BCUT2D eigenvalue weighted by atomic mass is 9.82. The Morgan fingerprint density at radius 1 is 1.16 bits per heavy atom. The van der Waals surface area contributed by atoms with Crippen LogP contribution in [-0.2, 0) is 4.74 Å². The summed E-state index contributed by atoms with van der Waals surface area (Å²) >= 11 is 0. The zero-order valence-corrected chi connectivity index (χ0v) is 19.2. The van der Waals surface area contributed by atoms with Crippen LogP contribution in [0.15, 0.2) is 71.2 Å². The number of methoxy groups -OCH3 is 1. The number of hydrazine groups is 1. The predicted octanol–water partition coefficient (Wildman–Crippen LogP) is 3.91. The summed E-state index contributed by atoms with van der Waals surface area (Å²) in [5.74, 6) is 0.236. The van der Waals surface area contributed by atoms with Crippen LogP contribution in [-0.4, -0.2) is 47.8 Å². The average molecular weight is 434 g/mol. The van der Waals surface area contributed by atoms with Crippen LogP contribution in [0.1, 0.15) is 47.0 Å². The van der Waals surface area contributed by atoms with Gasteiger partial charge in [0, 0.05) is 37.9 Å². The zero-order valence-electron chi connectivity index (χ0n) is 19.2. The van der Waals surface area contributed by atoms with Gasteiger partial charge in [0.2, 0.25) is 0 Å². The van der Waals surface area contributed by atoms with E-state index in [9.17, 15) is 9.59 Å². The summed E-state index contributed by atoms with van der Waals surface area (Å²) in [6.45, 7) is 4.79. The SMILES string of the molecule is COCCN1C(=O)c2c(C)c(=O)ccn2C(C(C2=CC(C)CC=C2)c2ccccc2)N1C. The first-order valence-corrected chi connectivity index (χ1v) is 11.1. The third-order valence-corrected chi connectivity index (χ3v) is 6.47. The Bertz CT molecular complexity index is 1100. The van der Waals surface area contributed by atoms with Gasteiger partial charge in [0.05, 0.1) is 13.2 Å². The molecular formula is C26H31N3O3. The van der Waals surface area contributed by atoms with Gasteiger partial charge in [0.15, 0.2) is 5.43 Å². The van der Waals surface area contributed by atoms with Crippen molar-refractivity contribution in [3.8, 4) is 0 Å². The predicted molar refractivity (Wildman–Crippen MR) is 125 cm³/mol. The maximum Gasteiger partial charge on any atom is 0.285 e. The number of aromatic nitrogens is 1. The molecule has 0 spiro atoms. The van der Waals surface area contributed by atoms with E-state index in [4.69, 9.17) is 4.74 Å². The van der Waals surface area contributed by atoms with E-state index in [1.54, 1.807) is 31.3 Å². The summed E-state index contributed by atoms with van der Waals surface area (Å²) < 4.78 is 7.26. The summed E-state index contributed by atoms with van der Waals surface area (Å²) in [6, 6.07) is 11.9. The second kappa shape index (κ2) is 9.27. The van der Waals surface area contributed by atoms with Gasteiger partial charge in [-0.15, -0.1) is 0 Å². The maximum atomic E-state index is 13.5. The maximum absolute atomic E-state index is 13.5. The van der Waals surface area contributed by atoms with Crippen LogP contribution in [0.4, 0.5) is 0 Å². The van der Waals surface area contributed by atoms with Crippen LogP contribution in [0.3, 0.4) is 0 Å². The van der Waals surface area contributed by atoms with Gasteiger partial charge in [0.1, 0.15) is 11.9 Å². The second-order valence-electron chi connectivity index (χ2n) is 8.64. The molecule has 1 amide bonds. The minimum absolute atomic E-state index is 0.0287. The van der Waals surface area contributed by atoms with Gasteiger partial charge in [-0.3, -0.25) is 14.6 Å². The van der Waals surface area contributed by atoms with Crippen molar-refractivity contribution in [2.24, 2.45) is 5.92 Å². The van der Waals surface area contributed by atoms with E-state index in [2.05, 4.69) is 37.3 Å². The van der Waals surface area contributed by atoms with E-state index < -0.39 is 0 Å². The summed E-state index contributed by atoms with van der Waals surface area (Å²) in [5, 5.41) is 3.71. The molecule has 2 heterocycles. The molecule has 1 aliphatic carbocycles. The molecule has 6 nitrogen and oxygen atoms in total. The third-order valence-electron chi connectivity index (χ3n) is 6.47. The number of rotatable bonds is 6. The number of amides is 1. The lowest BCUT2D eigenvalue weighted by molar-refractivity contribution is -0.0704. The largest absolute Gasteiger partial charge is 0.383 e.